The van der Waals surface area contributed by atoms with Gasteiger partial charge in [0.25, 0.3) is 0 Å². The van der Waals surface area contributed by atoms with Crippen molar-refractivity contribution in [3.05, 3.63) is 42.5 Å². The SMILES string of the molecule is CC(=O)c1ncnn1-c1ccccc1. The molecule has 0 aliphatic carbocycles. The number of carbonyl (C=O) groups is 1. The van der Waals surface area contributed by atoms with Gasteiger partial charge < -0.3 is 0 Å². The molecular weight excluding hydrogens is 178 g/mol. The van der Waals surface area contributed by atoms with Gasteiger partial charge in [0.2, 0.25) is 0 Å². The lowest BCUT2D eigenvalue weighted by atomic mass is 10.3. The number of nitrogens with zero attached hydrogens (tertiary/aromatic N) is 3. The Morgan fingerprint density at radius 1 is 1.29 bits per heavy atom. The van der Waals surface area contributed by atoms with Gasteiger partial charge in [0.05, 0.1) is 5.69 Å². The van der Waals surface area contributed by atoms with Crippen molar-refractivity contribution < 1.29 is 4.79 Å². The highest BCUT2D eigenvalue weighted by Crippen LogP contribution is 2.07. The molecule has 0 saturated heterocycles. The van der Waals surface area contributed by atoms with Crippen molar-refractivity contribution in [2.75, 3.05) is 0 Å². The largest absolute Gasteiger partial charge is 0.291 e. The molecule has 2 aromatic rings. The number of benzene rings is 1. The standard InChI is InChI=1S/C10H9N3O/c1-8(14)10-11-7-12-13(10)9-5-3-2-4-6-9/h2-7H,1H3. The van der Waals surface area contributed by atoms with Crippen molar-refractivity contribution in [2.45, 2.75) is 6.92 Å². The first-order chi connectivity index (χ1) is 6.79. The van der Waals surface area contributed by atoms with E-state index in [1.807, 2.05) is 30.3 Å². The summed E-state index contributed by atoms with van der Waals surface area (Å²) in [7, 11) is 0. The van der Waals surface area contributed by atoms with Gasteiger partial charge >= 0.3 is 0 Å². The van der Waals surface area contributed by atoms with Crippen LogP contribution >= 0.6 is 0 Å². The molecule has 1 aromatic carbocycles. The summed E-state index contributed by atoms with van der Waals surface area (Å²) in [6.45, 7) is 1.48. The average Bonchev–Trinajstić information content (AvgIpc) is 2.67. The fourth-order valence-corrected chi connectivity index (χ4v) is 1.24. The number of carbonyl (C=O) groups excluding carboxylic acids is 1. The van der Waals surface area contributed by atoms with E-state index < -0.39 is 0 Å². The highest BCUT2D eigenvalue weighted by atomic mass is 16.1. The highest BCUT2D eigenvalue weighted by molar-refractivity contribution is 5.90. The fourth-order valence-electron chi connectivity index (χ4n) is 1.24. The molecule has 1 heterocycles. The number of para-hydroxylation sites is 1. The number of rotatable bonds is 2. The maximum absolute atomic E-state index is 11.2. The van der Waals surface area contributed by atoms with Gasteiger partial charge in [-0.05, 0) is 12.1 Å². The van der Waals surface area contributed by atoms with E-state index in [1.165, 1.54) is 17.9 Å². The van der Waals surface area contributed by atoms with E-state index in [-0.39, 0.29) is 5.78 Å². The van der Waals surface area contributed by atoms with E-state index in [2.05, 4.69) is 10.1 Å². The molecule has 14 heavy (non-hydrogen) atoms. The van der Waals surface area contributed by atoms with Crippen molar-refractivity contribution in [2.24, 2.45) is 0 Å². The maximum Gasteiger partial charge on any atom is 0.199 e. The Bertz CT molecular complexity index is 447. The van der Waals surface area contributed by atoms with Crippen LogP contribution in [-0.4, -0.2) is 20.5 Å². The van der Waals surface area contributed by atoms with E-state index in [4.69, 9.17) is 0 Å². The van der Waals surface area contributed by atoms with Gasteiger partial charge in [-0.25, -0.2) is 9.67 Å². The monoisotopic (exact) mass is 187 g/mol. The van der Waals surface area contributed by atoms with Gasteiger partial charge in [0.15, 0.2) is 11.6 Å². The van der Waals surface area contributed by atoms with Crippen LogP contribution in [0.1, 0.15) is 17.5 Å². The zero-order valence-corrected chi connectivity index (χ0v) is 7.71. The lowest BCUT2D eigenvalue weighted by molar-refractivity contribution is 0.100. The van der Waals surface area contributed by atoms with E-state index in [0.717, 1.165) is 5.69 Å². The van der Waals surface area contributed by atoms with Gasteiger partial charge in [-0.2, -0.15) is 5.10 Å². The van der Waals surface area contributed by atoms with Gasteiger partial charge in [-0.3, -0.25) is 4.79 Å². The minimum Gasteiger partial charge on any atom is -0.291 e. The van der Waals surface area contributed by atoms with Gasteiger partial charge in [-0.1, -0.05) is 18.2 Å². The quantitative estimate of drug-likeness (QED) is 0.669. The molecule has 1 aromatic heterocycles. The predicted octanol–water partition coefficient (Wildman–Crippen LogP) is 1.47. The molecule has 0 saturated carbocycles. The molecule has 0 N–H and O–H groups in total. The summed E-state index contributed by atoms with van der Waals surface area (Å²) < 4.78 is 1.53. The molecule has 0 aliphatic heterocycles. The topological polar surface area (TPSA) is 47.8 Å². The molecule has 4 heteroatoms. The lowest BCUT2D eigenvalue weighted by Gasteiger charge is -2.01. The Balaban J connectivity index is 2.52. The summed E-state index contributed by atoms with van der Waals surface area (Å²) in [4.78, 5) is 15.1. The number of Topliss-reactive ketones (excluding diaryl/α,β-unsaturated/α-hetero) is 1. The molecule has 0 amide bonds. The third kappa shape index (κ3) is 1.42. The van der Waals surface area contributed by atoms with Crippen molar-refractivity contribution in [1.82, 2.24) is 14.8 Å². The van der Waals surface area contributed by atoms with Crippen LogP contribution in [0.4, 0.5) is 0 Å². The van der Waals surface area contributed by atoms with Crippen LogP contribution in [0, 0.1) is 0 Å². The third-order valence-corrected chi connectivity index (χ3v) is 1.86. The summed E-state index contributed by atoms with van der Waals surface area (Å²) >= 11 is 0. The average molecular weight is 187 g/mol. The van der Waals surface area contributed by atoms with Gasteiger partial charge in [-0.15, -0.1) is 0 Å². The van der Waals surface area contributed by atoms with Crippen molar-refractivity contribution in [3.8, 4) is 5.69 Å². The summed E-state index contributed by atoms with van der Waals surface area (Å²) in [6, 6.07) is 9.44. The van der Waals surface area contributed by atoms with Crippen molar-refractivity contribution >= 4 is 5.78 Å². The summed E-state index contributed by atoms with van der Waals surface area (Å²) in [6.07, 6.45) is 1.38. The molecule has 0 atom stereocenters. The van der Waals surface area contributed by atoms with Crippen LogP contribution in [0.2, 0.25) is 0 Å². The predicted molar refractivity (Wildman–Crippen MR) is 51.4 cm³/mol. The second kappa shape index (κ2) is 3.41. The molecule has 0 spiro atoms. The zero-order valence-electron chi connectivity index (χ0n) is 7.71. The van der Waals surface area contributed by atoms with Crippen LogP contribution in [-0.2, 0) is 0 Å². The fraction of sp³-hybridized carbons (Fsp3) is 0.100. The number of ketones is 1. The van der Waals surface area contributed by atoms with Crippen LogP contribution in [0.5, 0.6) is 0 Å². The second-order valence-corrected chi connectivity index (χ2v) is 2.89. The van der Waals surface area contributed by atoms with E-state index in [1.54, 1.807) is 0 Å². The normalized spacial score (nSPS) is 10.1. The molecule has 4 nitrogen and oxygen atoms in total. The third-order valence-electron chi connectivity index (χ3n) is 1.86. The highest BCUT2D eigenvalue weighted by Gasteiger charge is 2.09. The lowest BCUT2D eigenvalue weighted by Crippen LogP contribution is -2.06. The van der Waals surface area contributed by atoms with Gasteiger partial charge in [0, 0.05) is 6.92 Å². The Kier molecular flexibility index (Phi) is 2.10. The Labute approximate surface area is 81.2 Å². The molecular formula is C10H9N3O. The van der Waals surface area contributed by atoms with E-state index in [9.17, 15) is 4.79 Å². The maximum atomic E-state index is 11.2. The summed E-state index contributed by atoms with van der Waals surface area (Å²) in [5, 5.41) is 3.99. The van der Waals surface area contributed by atoms with Crippen molar-refractivity contribution in [3.63, 3.8) is 0 Å². The first-order valence-corrected chi connectivity index (χ1v) is 4.25. The Morgan fingerprint density at radius 3 is 2.64 bits per heavy atom. The van der Waals surface area contributed by atoms with Crippen LogP contribution in [0.25, 0.3) is 5.69 Å². The number of hydrogen-bond donors (Lipinski definition) is 0. The second-order valence-electron chi connectivity index (χ2n) is 2.89. The smallest absolute Gasteiger partial charge is 0.199 e. The first-order valence-electron chi connectivity index (χ1n) is 4.25. The summed E-state index contributed by atoms with van der Waals surface area (Å²) in [5.74, 6) is 0.266. The van der Waals surface area contributed by atoms with Gasteiger partial charge in [0.1, 0.15) is 6.33 Å². The van der Waals surface area contributed by atoms with Crippen molar-refractivity contribution in [1.29, 1.82) is 0 Å². The molecule has 0 bridgehead atoms. The number of aromatic nitrogens is 3. The van der Waals surface area contributed by atoms with E-state index in [0.29, 0.717) is 5.82 Å². The zero-order chi connectivity index (χ0) is 9.97. The van der Waals surface area contributed by atoms with E-state index >= 15 is 0 Å². The number of hydrogen-bond acceptors (Lipinski definition) is 3. The summed E-state index contributed by atoms with van der Waals surface area (Å²) in [5.41, 5.74) is 0.843. The molecule has 0 fully saturated rings. The van der Waals surface area contributed by atoms with Crippen LogP contribution in [0.3, 0.4) is 0 Å². The molecule has 0 radical (unpaired) electrons. The minimum atomic E-state index is -0.0913. The minimum absolute atomic E-state index is 0.0913. The van der Waals surface area contributed by atoms with Crippen LogP contribution < -0.4 is 0 Å². The molecule has 0 unspecified atom stereocenters. The molecule has 2 rings (SSSR count). The van der Waals surface area contributed by atoms with Crippen LogP contribution in [0.15, 0.2) is 36.7 Å². The first kappa shape index (κ1) is 8.62. The Hall–Kier alpha value is -1.97. The molecule has 0 aliphatic rings. The Morgan fingerprint density at radius 2 is 2.00 bits per heavy atom. The molecule has 70 valence electrons.